The molecule has 0 aliphatic carbocycles. The van der Waals surface area contributed by atoms with Gasteiger partial charge in [0.25, 0.3) is 10.0 Å². The van der Waals surface area contributed by atoms with Crippen LogP contribution in [0.2, 0.25) is 0 Å². The smallest absolute Gasteiger partial charge is 0.257 e. The van der Waals surface area contributed by atoms with Gasteiger partial charge in [-0.25, -0.2) is 13.1 Å². The van der Waals surface area contributed by atoms with E-state index < -0.39 is 10.0 Å². The molecule has 0 bridgehead atoms. The number of thioether (sulfide) groups is 1. The molecule has 0 saturated carbocycles. The van der Waals surface area contributed by atoms with Crippen molar-refractivity contribution in [3.8, 4) is 0 Å². The van der Waals surface area contributed by atoms with Gasteiger partial charge in [0.2, 0.25) is 0 Å². The molecule has 0 radical (unpaired) electrons. The Bertz CT molecular complexity index is 459. The Morgan fingerprint density at radius 1 is 1.37 bits per heavy atom. The molecule has 4 N–H and O–H groups in total. The van der Waals surface area contributed by atoms with Gasteiger partial charge >= 0.3 is 0 Å². The predicted octanol–water partition coefficient (Wildman–Crippen LogP) is 1.07. The van der Waals surface area contributed by atoms with Crippen molar-refractivity contribution >= 4 is 21.8 Å². The third-order valence-corrected chi connectivity index (χ3v) is 4.91. The van der Waals surface area contributed by atoms with Crippen LogP contribution >= 0.6 is 11.8 Å². The quantitative estimate of drug-likeness (QED) is 0.561. The third-order valence-electron chi connectivity index (χ3n) is 2.73. The molecule has 1 aromatic heterocycles. The second-order valence-electron chi connectivity index (χ2n) is 4.23. The van der Waals surface area contributed by atoms with Gasteiger partial charge in [-0.3, -0.25) is 5.10 Å². The van der Waals surface area contributed by atoms with Crippen LogP contribution in [-0.2, 0) is 16.6 Å². The second kappa shape index (κ2) is 8.57. The molecule has 0 aliphatic heterocycles. The molecular weight excluding hydrogens is 284 g/mol. The fraction of sp³-hybridized carbons (Fsp3) is 0.727. The Labute approximate surface area is 119 Å². The molecule has 19 heavy (non-hydrogen) atoms. The largest absolute Gasteiger partial charge is 0.326 e. The standard InChI is InChI=1S/C11H22N4O2S2/c1-18-7-5-3-2-4-6-14-19(16,17)11-10(8-12)9-13-15-11/h9,14H,2-8,12H2,1H3,(H,13,15). The number of nitrogens with zero attached hydrogens (tertiary/aromatic N) is 1. The van der Waals surface area contributed by atoms with Gasteiger partial charge in [-0.15, -0.1) is 0 Å². The maximum absolute atomic E-state index is 12.0. The summed E-state index contributed by atoms with van der Waals surface area (Å²) < 4.78 is 26.5. The predicted molar refractivity (Wildman–Crippen MR) is 78.5 cm³/mol. The number of H-pyrrole nitrogens is 1. The zero-order valence-electron chi connectivity index (χ0n) is 11.2. The molecular formula is C11H22N4O2S2. The zero-order valence-corrected chi connectivity index (χ0v) is 12.8. The lowest BCUT2D eigenvalue weighted by molar-refractivity contribution is 0.568. The number of sulfonamides is 1. The summed E-state index contributed by atoms with van der Waals surface area (Å²) in [6.07, 6.45) is 7.74. The van der Waals surface area contributed by atoms with Gasteiger partial charge in [0, 0.05) is 18.7 Å². The molecule has 1 rings (SSSR count). The van der Waals surface area contributed by atoms with Crippen molar-refractivity contribution in [2.75, 3.05) is 18.6 Å². The Morgan fingerprint density at radius 2 is 2.11 bits per heavy atom. The topological polar surface area (TPSA) is 101 Å². The molecule has 0 fully saturated rings. The van der Waals surface area contributed by atoms with Crippen LogP contribution in [0.3, 0.4) is 0 Å². The molecule has 8 heteroatoms. The van der Waals surface area contributed by atoms with Gasteiger partial charge in [0.05, 0.1) is 6.20 Å². The minimum atomic E-state index is -3.51. The van der Waals surface area contributed by atoms with Crippen molar-refractivity contribution in [3.05, 3.63) is 11.8 Å². The van der Waals surface area contributed by atoms with Crippen molar-refractivity contribution < 1.29 is 8.42 Å². The van der Waals surface area contributed by atoms with Crippen LogP contribution in [0.25, 0.3) is 0 Å². The average molecular weight is 306 g/mol. The van der Waals surface area contributed by atoms with Crippen LogP contribution in [0, 0.1) is 0 Å². The number of nitrogens with one attached hydrogen (secondary N) is 2. The molecule has 6 nitrogen and oxygen atoms in total. The molecule has 0 aliphatic rings. The molecule has 1 heterocycles. The van der Waals surface area contributed by atoms with Gasteiger partial charge in [0.1, 0.15) is 0 Å². The van der Waals surface area contributed by atoms with Gasteiger partial charge < -0.3 is 5.73 Å². The van der Waals surface area contributed by atoms with E-state index in [-0.39, 0.29) is 11.6 Å². The highest BCUT2D eigenvalue weighted by Crippen LogP contribution is 2.11. The highest BCUT2D eigenvalue weighted by atomic mass is 32.2. The highest BCUT2D eigenvalue weighted by Gasteiger charge is 2.19. The summed E-state index contributed by atoms with van der Waals surface area (Å²) in [6.45, 7) is 0.603. The first-order chi connectivity index (χ1) is 9.11. The van der Waals surface area contributed by atoms with E-state index >= 15 is 0 Å². The lowest BCUT2D eigenvalue weighted by atomic mass is 10.2. The summed E-state index contributed by atoms with van der Waals surface area (Å²) in [7, 11) is -3.51. The van der Waals surface area contributed by atoms with Crippen LogP contribution < -0.4 is 10.5 Å². The van der Waals surface area contributed by atoms with Crippen LogP contribution in [0.5, 0.6) is 0 Å². The maximum atomic E-state index is 12.0. The average Bonchev–Trinajstić information content (AvgIpc) is 2.87. The van der Waals surface area contributed by atoms with Crippen molar-refractivity contribution in [2.45, 2.75) is 37.3 Å². The van der Waals surface area contributed by atoms with Crippen molar-refractivity contribution in [3.63, 3.8) is 0 Å². The molecule has 0 aromatic carbocycles. The highest BCUT2D eigenvalue weighted by molar-refractivity contribution is 7.98. The monoisotopic (exact) mass is 306 g/mol. The van der Waals surface area contributed by atoms with Crippen LogP contribution in [0.15, 0.2) is 11.2 Å². The molecule has 110 valence electrons. The Hall–Kier alpha value is -0.570. The maximum Gasteiger partial charge on any atom is 0.257 e. The van der Waals surface area contributed by atoms with E-state index in [9.17, 15) is 8.42 Å². The van der Waals surface area contributed by atoms with E-state index in [0.29, 0.717) is 12.1 Å². The molecule has 0 saturated heterocycles. The van der Waals surface area contributed by atoms with Crippen molar-refractivity contribution in [1.82, 2.24) is 14.9 Å². The molecule has 0 atom stereocenters. The number of unbranched alkanes of at least 4 members (excludes halogenated alkanes) is 3. The van der Waals surface area contributed by atoms with Crippen LogP contribution in [0.1, 0.15) is 31.2 Å². The van der Waals surface area contributed by atoms with Gasteiger partial charge in [-0.1, -0.05) is 12.8 Å². The van der Waals surface area contributed by atoms with E-state index in [1.807, 2.05) is 11.8 Å². The number of hydrogen-bond donors (Lipinski definition) is 3. The molecule has 0 unspecified atom stereocenters. The Morgan fingerprint density at radius 3 is 2.79 bits per heavy atom. The minimum absolute atomic E-state index is 0.0809. The summed E-state index contributed by atoms with van der Waals surface area (Å²) >= 11 is 1.84. The molecule has 1 aromatic rings. The first-order valence-corrected chi connectivity index (χ1v) is 9.20. The third kappa shape index (κ3) is 5.52. The first kappa shape index (κ1) is 16.5. The molecule has 0 amide bonds. The number of nitrogens with two attached hydrogens (primary N) is 1. The van der Waals surface area contributed by atoms with Gasteiger partial charge in [-0.05, 0) is 24.9 Å². The lowest BCUT2D eigenvalue weighted by Crippen LogP contribution is -2.26. The fourth-order valence-electron chi connectivity index (χ4n) is 1.68. The van der Waals surface area contributed by atoms with E-state index in [1.54, 1.807) is 0 Å². The summed E-state index contributed by atoms with van der Waals surface area (Å²) in [4.78, 5) is 0. The zero-order chi connectivity index (χ0) is 14.1. The van der Waals surface area contributed by atoms with E-state index in [1.165, 1.54) is 18.4 Å². The Kier molecular flexibility index (Phi) is 7.44. The van der Waals surface area contributed by atoms with Crippen LogP contribution in [-0.4, -0.2) is 37.2 Å². The number of hydrogen-bond acceptors (Lipinski definition) is 5. The van der Waals surface area contributed by atoms with Gasteiger partial charge in [0.15, 0.2) is 5.03 Å². The summed E-state index contributed by atoms with van der Waals surface area (Å²) in [5, 5.41) is 6.27. The minimum Gasteiger partial charge on any atom is -0.326 e. The summed E-state index contributed by atoms with van der Waals surface area (Å²) in [5.41, 5.74) is 5.97. The van der Waals surface area contributed by atoms with Gasteiger partial charge in [-0.2, -0.15) is 16.9 Å². The normalized spacial score (nSPS) is 11.9. The Balaban J connectivity index is 2.32. The van der Waals surface area contributed by atoms with Crippen molar-refractivity contribution in [1.29, 1.82) is 0 Å². The number of aromatic nitrogens is 2. The van der Waals surface area contributed by atoms with E-state index in [4.69, 9.17) is 5.73 Å². The first-order valence-electron chi connectivity index (χ1n) is 6.32. The number of rotatable bonds is 10. The molecule has 0 spiro atoms. The lowest BCUT2D eigenvalue weighted by Gasteiger charge is -2.06. The SMILES string of the molecule is CSCCCCCCNS(=O)(=O)c1[nH]ncc1CN. The number of aromatic amines is 1. The van der Waals surface area contributed by atoms with E-state index in [2.05, 4.69) is 21.2 Å². The second-order valence-corrected chi connectivity index (χ2v) is 6.92. The fourth-order valence-corrected chi connectivity index (χ4v) is 3.39. The summed E-state index contributed by atoms with van der Waals surface area (Å²) in [6, 6.07) is 0. The van der Waals surface area contributed by atoms with Crippen LogP contribution in [0.4, 0.5) is 0 Å². The van der Waals surface area contributed by atoms with E-state index in [0.717, 1.165) is 19.3 Å². The van der Waals surface area contributed by atoms with Crippen molar-refractivity contribution in [2.24, 2.45) is 5.73 Å². The summed E-state index contributed by atoms with van der Waals surface area (Å²) in [5.74, 6) is 1.17.